The van der Waals surface area contributed by atoms with E-state index in [4.69, 9.17) is 0 Å². The molecule has 0 spiro atoms. The zero-order valence-electron chi connectivity index (χ0n) is 23.6. The van der Waals surface area contributed by atoms with Crippen molar-refractivity contribution in [1.82, 2.24) is 9.97 Å². The van der Waals surface area contributed by atoms with Gasteiger partial charge in [-0.05, 0) is 82.6 Å². The Bertz CT molecular complexity index is 1590. The van der Waals surface area contributed by atoms with Crippen LogP contribution < -0.4 is 0 Å². The summed E-state index contributed by atoms with van der Waals surface area (Å²) in [4.78, 5) is 8.87. The summed E-state index contributed by atoms with van der Waals surface area (Å²) in [5.74, 6) is 2.62. The van der Waals surface area contributed by atoms with Crippen LogP contribution in [0.1, 0.15) is 62.1 Å². The SMILES string of the molecule is CC1(C)c2c(-c3ccccn3)[c-]ccc2-c2cccc(C3CC4CCC3C4)c21.[Ir].[c-]1ccccc1-c1ccccn1. The number of benzene rings is 3. The van der Waals surface area contributed by atoms with E-state index in [-0.39, 0.29) is 25.5 Å². The van der Waals surface area contributed by atoms with Crippen LogP contribution in [0.5, 0.6) is 0 Å². The maximum absolute atomic E-state index is 4.65. The molecule has 3 aromatic carbocycles. The van der Waals surface area contributed by atoms with Gasteiger partial charge in [0, 0.05) is 32.5 Å². The number of hydrogen-bond acceptors (Lipinski definition) is 2. The second-order valence-corrected chi connectivity index (χ2v) is 12.0. The van der Waals surface area contributed by atoms with Crippen LogP contribution in [0.4, 0.5) is 0 Å². The molecule has 207 valence electrons. The standard InChI is InChI=1S/C27H26N.C11H8N.Ir/c1-27(2)25-19(7-5-9-21(25)23-16-17-12-13-18(23)15-17)20-8-6-10-22(26(20)27)24-11-3-4-14-28-24;1-2-6-10(7-3-1)11-8-4-5-9-12-11;/h3-9,11,14,17-18,23H,12-13,15-16H2,1-2H3;1-6,8-9H;/q2*-1;. The van der Waals surface area contributed by atoms with E-state index in [1.54, 1.807) is 17.3 Å². The Morgan fingerprint density at radius 1 is 0.683 bits per heavy atom. The van der Waals surface area contributed by atoms with Crippen LogP contribution >= 0.6 is 0 Å². The smallest absolute Gasteiger partial charge is 0.0160 e. The number of fused-ring (bicyclic) bond motifs is 5. The fourth-order valence-corrected chi connectivity index (χ4v) is 7.71. The van der Waals surface area contributed by atoms with Crippen LogP contribution in [0.2, 0.25) is 0 Å². The molecule has 5 aromatic rings. The molecule has 3 aliphatic carbocycles. The molecule has 3 heteroatoms. The molecule has 2 nitrogen and oxygen atoms in total. The van der Waals surface area contributed by atoms with Crippen molar-refractivity contribution in [3.63, 3.8) is 0 Å². The van der Waals surface area contributed by atoms with Crippen molar-refractivity contribution < 1.29 is 20.1 Å². The van der Waals surface area contributed by atoms with Crippen molar-refractivity contribution in [2.75, 3.05) is 0 Å². The van der Waals surface area contributed by atoms with Gasteiger partial charge >= 0.3 is 0 Å². The first-order valence-corrected chi connectivity index (χ1v) is 14.6. The van der Waals surface area contributed by atoms with E-state index in [1.165, 1.54) is 42.4 Å². The molecular weight excluding hydrogens is 677 g/mol. The predicted octanol–water partition coefficient (Wildman–Crippen LogP) is 9.30. The second-order valence-electron chi connectivity index (χ2n) is 12.0. The molecular formula is C38H34IrN2-2. The molecule has 0 N–H and O–H groups in total. The number of nitrogens with zero attached hydrogens (tertiary/aromatic N) is 2. The van der Waals surface area contributed by atoms with E-state index in [0.717, 1.165) is 40.3 Å². The van der Waals surface area contributed by atoms with Gasteiger partial charge in [0.15, 0.2) is 0 Å². The van der Waals surface area contributed by atoms with E-state index >= 15 is 0 Å². The van der Waals surface area contributed by atoms with E-state index in [9.17, 15) is 0 Å². The molecule has 1 radical (unpaired) electrons. The summed E-state index contributed by atoms with van der Waals surface area (Å²) in [6.07, 6.45) is 9.41. The van der Waals surface area contributed by atoms with Gasteiger partial charge in [-0.15, -0.1) is 65.2 Å². The fourth-order valence-electron chi connectivity index (χ4n) is 7.71. The van der Waals surface area contributed by atoms with Crippen molar-refractivity contribution in [2.24, 2.45) is 11.8 Å². The molecule has 2 aromatic heterocycles. The summed E-state index contributed by atoms with van der Waals surface area (Å²) < 4.78 is 0. The van der Waals surface area contributed by atoms with Gasteiger partial charge in [0.2, 0.25) is 0 Å². The zero-order chi connectivity index (χ0) is 27.1. The first kappa shape index (κ1) is 27.8. The van der Waals surface area contributed by atoms with Crippen LogP contribution in [0, 0.1) is 24.0 Å². The molecule has 0 amide bonds. The number of rotatable bonds is 3. The minimum absolute atomic E-state index is 0. The first-order valence-electron chi connectivity index (χ1n) is 14.6. The van der Waals surface area contributed by atoms with Crippen molar-refractivity contribution in [3.05, 3.63) is 132 Å². The number of pyridine rings is 2. The molecule has 2 heterocycles. The molecule has 2 bridgehead atoms. The van der Waals surface area contributed by atoms with Crippen LogP contribution in [0.25, 0.3) is 33.6 Å². The molecule has 0 aliphatic heterocycles. The van der Waals surface area contributed by atoms with Crippen molar-refractivity contribution in [3.8, 4) is 33.6 Å². The normalized spacial score (nSPS) is 20.8. The monoisotopic (exact) mass is 711 g/mol. The minimum atomic E-state index is -0.0201. The van der Waals surface area contributed by atoms with Crippen molar-refractivity contribution >= 4 is 0 Å². The van der Waals surface area contributed by atoms with Gasteiger partial charge in [-0.3, -0.25) is 0 Å². The van der Waals surface area contributed by atoms with Gasteiger partial charge in [0.05, 0.1) is 0 Å². The molecule has 2 saturated carbocycles. The average molecular weight is 711 g/mol. The van der Waals surface area contributed by atoms with Crippen molar-refractivity contribution in [1.29, 1.82) is 0 Å². The van der Waals surface area contributed by atoms with Crippen LogP contribution in [-0.2, 0) is 25.5 Å². The summed E-state index contributed by atoms with van der Waals surface area (Å²) in [6.45, 7) is 4.82. The first-order chi connectivity index (χ1) is 19.6. The van der Waals surface area contributed by atoms with Crippen molar-refractivity contribution in [2.45, 2.75) is 50.9 Å². The Balaban J connectivity index is 0.000000196. The van der Waals surface area contributed by atoms with E-state index < -0.39 is 0 Å². The summed E-state index contributed by atoms with van der Waals surface area (Å²) in [5, 5.41) is 0. The Morgan fingerprint density at radius 3 is 2.10 bits per heavy atom. The summed E-state index contributed by atoms with van der Waals surface area (Å²) >= 11 is 0. The quantitative estimate of drug-likeness (QED) is 0.175. The number of aromatic nitrogens is 2. The van der Waals surface area contributed by atoms with Gasteiger partial charge in [-0.2, -0.15) is 0 Å². The van der Waals surface area contributed by atoms with Crippen LogP contribution in [-0.4, -0.2) is 9.97 Å². The maximum Gasteiger partial charge on any atom is 0.0160 e. The summed E-state index contributed by atoms with van der Waals surface area (Å²) in [5.41, 5.74) is 11.6. The van der Waals surface area contributed by atoms with Gasteiger partial charge in [0.25, 0.3) is 0 Å². The van der Waals surface area contributed by atoms with E-state index in [0.29, 0.717) is 0 Å². The second kappa shape index (κ2) is 11.5. The Morgan fingerprint density at radius 2 is 1.44 bits per heavy atom. The topological polar surface area (TPSA) is 25.8 Å². The Labute approximate surface area is 257 Å². The minimum Gasteiger partial charge on any atom is -0.305 e. The fraction of sp³-hybridized carbons (Fsp3) is 0.263. The van der Waals surface area contributed by atoms with E-state index in [2.05, 4.69) is 78.4 Å². The zero-order valence-corrected chi connectivity index (χ0v) is 26.0. The van der Waals surface area contributed by atoms with Gasteiger partial charge < -0.3 is 9.97 Å². The molecule has 41 heavy (non-hydrogen) atoms. The average Bonchev–Trinajstić information content (AvgIpc) is 3.72. The molecule has 2 fully saturated rings. The Kier molecular flexibility index (Phi) is 7.77. The van der Waals surface area contributed by atoms with Gasteiger partial charge in [-0.25, -0.2) is 0 Å². The van der Waals surface area contributed by atoms with Gasteiger partial charge in [-0.1, -0.05) is 68.3 Å². The molecule has 8 rings (SSSR count). The third kappa shape index (κ3) is 5.00. The summed E-state index contributed by atoms with van der Waals surface area (Å²) in [7, 11) is 0. The van der Waals surface area contributed by atoms with Crippen LogP contribution in [0.3, 0.4) is 0 Å². The molecule has 3 unspecified atom stereocenters. The third-order valence-electron chi connectivity index (χ3n) is 9.34. The third-order valence-corrected chi connectivity index (χ3v) is 9.34. The van der Waals surface area contributed by atoms with Gasteiger partial charge in [0.1, 0.15) is 0 Å². The molecule has 3 atom stereocenters. The molecule has 0 saturated heterocycles. The Hall–Kier alpha value is -3.39. The van der Waals surface area contributed by atoms with E-state index in [1.807, 2.05) is 54.7 Å². The number of hydrogen-bond donors (Lipinski definition) is 0. The summed E-state index contributed by atoms with van der Waals surface area (Å²) in [6, 6.07) is 37.9. The largest absolute Gasteiger partial charge is 0.305 e. The maximum atomic E-state index is 4.65. The van der Waals surface area contributed by atoms with Crippen LogP contribution in [0.15, 0.2) is 103 Å². The predicted molar refractivity (Wildman–Crippen MR) is 163 cm³/mol. The molecule has 3 aliphatic rings.